The molecule has 0 aromatic heterocycles. The van der Waals surface area contributed by atoms with Crippen molar-refractivity contribution < 1.29 is 4.43 Å². The van der Waals surface area contributed by atoms with E-state index in [2.05, 4.69) is 65.0 Å². The Bertz CT molecular complexity index is 229. The Morgan fingerprint density at radius 2 is 1.53 bits per heavy atom. The van der Waals surface area contributed by atoms with Crippen LogP contribution >= 0.6 is 0 Å². The lowest BCUT2D eigenvalue weighted by Gasteiger charge is -2.40. The zero-order valence-corrected chi connectivity index (χ0v) is 15.3. The summed E-state index contributed by atoms with van der Waals surface area (Å²) in [5.41, 5.74) is 0. The summed E-state index contributed by atoms with van der Waals surface area (Å²) < 4.78 is 8.66. The summed E-state index contributed by atoms with van der Waals surface area (Å²) in [7, 11) is -2.94. The molecule has 0 aliphatic carbocycles. The molecule has 1 radical (unpaired) electrons. The Balaban J connectivity index is 4.51. The summed E-state index contributed by atoms with van der Waals surface area (Å²) in [4.78, 5) is 0. The Hall–Kier alpha value is 0.354. The molecule has 0 amide bonds. The largest absolute Gasteiger partial charge is 0.398 e. The van der Waals surface area contributed by atoms with E-state index in [-0.39, 0.29) is 5.04 Å². The van der Waals surface area contributed by atoms with Crippen molar-refractivity contribution in [3.8, 4) is 0 Å². The van der Waals surface area contributed by atoms with Crippen LogP contribution in [0.3, 0.4) is 0 Å². The van der Waals surface area contributed by atoms with Crippen LogP contribution in [-0.2, 0) is 4.43 Å². The van der Waals surface area contributed by atoms with Crippen molar-refractivity contribution in [2.24, 2.45) is 0 Å². The summed E-state index contributed by atoms with van der Waals surface area (Å²) in [5, 5.41) is 0.279. The molecular weight excluding hydrogens is 242 g/mol. The molecule has 4 heteroatoms. The van der Waals surface area contributed by atoms with Gasteiger partial charge in [0.1, 0.15) is 15.0 Å². The molecule has 0 spiro atoms. The maximum atomic E-state index is 6.21. The van der Waals surface area contributed by atoms with Gasteiger partial charge in [-0.1, -0.05) is 47.3 Å². The molecule has 0 aromatic rings. The summed E-state index contributed by atoms with van der Waals surface area (Å²) in [6, 6.07) is 0. The first-order chi connectivity index (χ1) is 7.42. The lowest BCUT2D eigenvalue weighted by molar-refractivity contribution is 0.259. The van der Waals surface area contributed by atoms with Crippen LogP contribution in [0.2, 0.25) is 37.8 Å². The SMILES string of the molecule is CCCN([CH]O[Si](C)(C)C(C)(C)C)[Si](C)(C)C. The normalized spacial score (nSPS) is 14.5. The molecular formula is C13H32NOSi2. The molecule has 0 atom stereocenters. The molecule has 17 heavy (non-hydrogen) atoms. The minimum absolute atomic E-state index is 0.279. The van der Waals surface area contributed by atoms with E-state index in [0.717, 1.165) is 6.54 Å². The molecule has 0 aliphatic rings. The van der Waals surface area contributed by atoms with Gasteiger partial charge in [0.2, 0.25) is 0 Å². The summed E-state index contributed by atoms with van der Waals surface area (Å²) >= 11 is 0. The van der Waals surface area contributed by atoms with Crippen LogP contribution in [0.25, 0.3) is 0 Å². The van der Waals surface area contributed by atoms with E-state index < -0.39 is 16.6 Å². The minimum Gasteiger partial charge on any atom is -0.398 e. The first-order valence-electron chi connectivity index (χ1n) is 6.69. The Labute approximate surface area is 111 Å². The first-order valence-corrected chi connectivity index (χ1v) is 13.1. The molecule has 0 aliphatic heterocycles. The van der Waals surface area contributed by atoms with Crippen molar-refractivity contribution >= 4 is 16.6 Å². The number of rotatable bonds is 6. The van der Waals surface area contributed by atoms with Crippen LogP contribution in [-0.4, -0.2) is 27.7 Å². The molecule has 0 heterocycles. The van der Waals surface area contributed by atoms with E-state index in [9.17, 15) is 0 Å². The zero-order valence-electron chi connectivity index (χ0n) is 13.3. The van der Waals surface area contributed by atoms with Gasteiger partial charge in [-0.15, -0.1) is 0 Å². The van der Waals surface area contributed by atoms with Gasteiger partial charge in [-0.2, -0.15) is 0 Å². The summed E-state index contributed by atoms with van der Waals surface area (Å²) in [6.45, 7) is 24.0. The fourth-order valence-electron chi connectivity index (χ4n) is 1.16. The maximum Gasteiger partial charge on any atom is 0.194 e. The second-order valence-corrected chi connectivity index (χ2v) is 17.0. The van der Waals surface area contributed by atoms with Crippen LogP contribution in [0, 0.1) is 6.73 Å². The van der Waals surface area contributed by atoms with Gasteiger partial charge in [-0.05, 0) is 31.1 Å². The van der Waals surface area contributed by atoms with E-state index in [1.165, 1.54) is 6.42 Å². The van der Waals surface area contributed by atoms with E-state index in [1.807, 2.05) is 6.73 Å². The van der Waals surface area contributed by atoms with E-state index in [1.54, 1.807) is 0 Å². The molecule has 0 saturated heterocycles. The first kappa shape index (κ1) is 17.4. The standard InChI is InChI=1S/C13H32NOSi2/c1-10-11-14(16(5,6)7)12-15-17(8,9)13(2,3)4/h12H,10-11H2,1-9H3. The highest BCUT2D eigenvalue weighted by molar-refractivity contribution is 6.75. The van der Waals surface area contributed by atoms with Gasteiger partial charge in [-0.25, -0.2) is 0 Å². The van der Waals surface area contributed by atoms with Crippen molar-refractivity contribution in [1.29, 1.82) is 0 Å². The fraction of sp³-hybridized carbons (Fsp3) is 0.923. The van der Waals surface area contributed by atoms with E-state index in [4.69, 9.17) is 4.43 Å². The predicted octanol–water partition coefficient (Wildman–Crippen LogP) is 4.67. The predicted molar refractivity (Wildman–Crippen MR) is 82.9 cm³/mol. The van der Waals surface area contributed by atoms with Crippen molar-refractivity contribution in [3.05, 3.63) is 6.73 Å². The van der Waals surface area contributed by atoms with Crippen molar-refractivity contribution in [3.63, 3.8) is 0 Å². The highest BCUT2D eigenvalue weighted by atomic mass is 28.4. The molecule has 0 rings (SSSR count). The Morgan fingerprint density at radius 3 is 1.82 bits per heavy atom. The van der Waals surface area contributed by atoms with Crippen LogP contribution < -0.4 is 0 Å². The molecule has 0 N–H and O–H groups in total. The third-order valence-corrected chi connectivity index (χ3v) is 9.97. The van der Waals surface area contributed by atoms with Crippen molar-refractivity contribution in [1.82, 2.24) is 4.57 Å². The fourth-order valence-corrected chi connectivity index (χ4v) is 3.27. The van der Waals surface area contributed by atoms with Crippen LogP contribution in [0.4, 0.5) is 0 Å². The van der Waals surface area contributed by atoms with Crippen molar-refractivity contribution in [2.45, 2.75) is 71.9 Å². The molecule has 0 fully saturated rings. The van der Waals surface area contributed by atoms with Gasteiger partial charge in [-0.3, -0.25) is 4.57 Å². The second-order valence-electron chi connectivity index (χ2n) is 7.35. The highest BCUT2D eigenvalue weighted by Crippen LogP contribution is 2.37. The molecule has 0 saturated carbocycles. The monoisotopic (exact) mass is 274 g/mol. The summed E-state index contributed by atoms with van der Waals surface area (Å²) in [5.74, 6) is 0. The van der Waals surface area contributed by atoms with Gasteiger partial charge in [0.15, 0.2) is 8.32 Å². The van der Waals surface area contributed by atoms with Crippen LogP contribution in [0.15, 0.2) is 0 Å². The van der Waals surface area contributed by atoms with E-state index in [0.29, 0.717) is 0 Å². The average Bonchev–Trinajstić information content (AvgIpc) is 2.08. The second kappa shape index (κ2) is 6.00. The number of hydrogen-bond acceptors (Lipinski definition) is 2. The van der Waals surface area contributed by atoms with Gasteiger partial charge < -0.3 is 4.43 Å². The molecule has 2 nitrogen and oxygen atoms in total. The van der Waals surface area contributed by atoms with Crippen LogP contribution in [0.1, 0.15) is 34.1 Å². The van der Waals surface area contributed by atoms with Crippen LogP contribution in [0.5, 0.6) is 0 Å². The average molecular weight is 275 g/mol. The van der Waals surface area contributed by atoms with Gasteiger partial charge in [0, 0.05) is 0 Å². The Morgan fingerprint density at radius 1 is 1.06 bits per heavy atom. The molecule has 0 aromatic carbocycles. The minimum atomic E-state index is -1.65. The third-order valence-electron chi connectivity index (χ3n) is 3.61. The lowest BCUT2D eigenvalue weighted by Crippen LogP contribution is -2.49. The number of hydrogen-bond donors (Lipinski definition) is 0. The summed E-state index contributed by atoms with van der Waals surface area (Å²) in [6.07, 6.45) is 1.18. The molecule has 103 valence electrons. The van der Waals surface area contributed by atoms with Crippen molar-refractivity contribution in [2.75, 3.05) is 6.54 Å². The lowest BCUT2D eigenvalue weighted by atomic mass is 10.2. The Kier molecular flexibility index (Phi) is 6.12. The topological polar surface area (TPSA) is 12.5 Å². The maximum absolute atomic E-state index is 6.21. The molecule has 0 bridgehead atoms. The van der Waals surface area contributed by atoms with Gasteiger partial charge in [0.05, 0.1) is 0 Å². The van der Waals surface area contributed by atoms with E-state index >= 15 is 0 Å². The van der Waals surface area contributed by atoms with Gasteiger partial charge >= 0.3 is 0 Å². The zero-order chi connectivity index (χ0) is 13.9. The highest BCUT2D eigenvalue weighted by Gasteiger charge is 2.38. The molecule has 0 unspecified atom stereocenters. The third kappa shape index (κ3) is 5.68. The van der Waals surface area contributed by atoms with Gasteiger partial charge in [0.25, 0.3) is 0 Å². The smallest absolute Gasteiger partial charge is 0.194 e. The quantitative estimate of drug-likeness (QED) is 0.652. The number of nitrogens with zero attached hydrogens (tertiary/aromatic N) is 1.